The molecule has 0 aliphatic carbocycles. The van der Waals surface area contributed by atoms with Gasteiger partial charge in [-0.2, -0.15) is 8.78 Å². The van der Waals surface area contributed by atoms with Gasteiger partial charge in [0.15, 0.2) is 0 Å². The second-order valence-electron chi connectivity index (χ2n) is 5.12. The Bertz CT molecular complexity index is 678. The average Bonchev–Trinajstić information content (AvgIpc) is 2.54. The lowest BCUT2D eigenvalue weighted by atomic mass is 9.95. The summed E-state index contributed by atoms with van der Waals surface area (Å²) >= 11 is 0. The molecule has 0 fully saturated rings. The molecule has 1 aliphatic heterocycles. The van der Waals surface area contributed by atoms with Gasteiger partial charge in [-0.3, -0.25) is 0 Å². The predicted octanol–water partition coefficient (Wildman–Crippen LogP) is 2.11. The monoisotopic (exact) mass is 356 g/mol. The smallest absolute Gasteiger partial charge is 0.387 e. The Kier molecular flexibility index (Phi) is 6.29. The standard InChI is InChI=1S/C16H18F2N2O5/c1-9-12(14(21)24-8-7-23-2)13(20-16(22)19-9)10-5-3-4-6-11(10)25-15(17)18/h3-6,13,15H,7-8H2,1-2H3,(H2,19,20,22). The lowest BCUT2D eigenvalue weighted by Crippen LogP contribution is -2.45. The van der Waals surface area contributed by atoms with E-state index in [9.17, 15) is 18.4 Å². The van der Waals surface area contributed by atoms with Crippen LogP contribution < -0.4 is 15.4 Å². The molecule has 9 heteroatoms. The van der Waals surface area contributed by atoms with E-state index in [4.69, 9.17) is 9.47 Å². The third kappa shape index (κ3) is 4.66. The summed E-state index contributed by atoms with van der Waals surface area (Å²) in [6.07, 6.45) is 0. The van der Waals surface area contributed by atoms with Gasteiger partial charge in [0.05, 0.1) is 18.2 Å². The molecule has 1 unspecified atom stereocenters. The summed E-state index contributed by atoms with van der Waals surface area (Å²) in [7, 11) is 1.46. The van der Waals surface area contributed by atoms with E-state index in [1.807, 2.05) is 0 Å². The number of hydrogen-bond donors (Lipinski definition) is 2. The Morgan fingerprint density at radius 2 is 2.00 bits per heavy atom. The van der Waals surface area contributed by atoms with Crippen molar-refractivity contribution < 1.29 is 32.6 Å². The van der Waals surface area contributed by atoms with Crippen molar-refractivity contribution in [3.05, 3.63) is 41.1 Å². The molecule has 7 nitrogen and oxygen atoms in total. The lowest BCUT2D eigenvalue weighted by molar-refractivity contribution is -0.140. The van der Waals surface area contributed by atoms with Gasteiger partial charge in [0.2, 0.25) is 0 Å². The number of methoxy groups -OCH3 is 1. The van der Waals surface area contributed by atoms with Crippen LogP contribution >= 0.6 is 0 Å². The van der Waals surface area contributed by atoms with Gasteiger partial charge in [-0.05, 0) is 13.0 Å². The van der Waals surface area contributed by atoms with Crippen LogP contribution in [0.15, 0.2) is 35.5 Å². The molecule has 0 saturated heterocycles. The molecule has 0 radical (unpaired) electrons. The number of carbonyl (C=O) groups excluding carboxylic acids is 2. The molecule has 136 valence electrons. The number of hydrogen-bond acceptors (Lipinski definition) is 5. The molecule has 2 amide bonds. The van der Waals surface area contributed by atoms with Crippen LogP contribution in [0.25, 0.3) is 0 Å². The van der Waals surface area contributed by atoms with Crippen molar-refractivity contribution in [3.63, 3.8) is 0 Å². The van der Waals surface area contributed by atoms with E-state index in [-0.39, 0.29) is 35.8 Å². The molecular formula is C16H18F2N2O5. The Hall–Kier alpha value is -2.68. The summed E-state index contributed by atoms with van der Waals surface area (Å²) in [5.74, 6) is -0.835. The summed E-state index contributed by atoms with van der Waals surface area (Å²) in [6, 6.07) is 4.37. The second-order valence-corrected chi connectivity index (χ2v) is 5.12. The first-order valence-electron chi connectivity index (χ1n) is 7.42. The van der Waals surface area contributed by atoms with Crippen molar-refractivity contribution >= 4 is 12.0 Å². The zero-order valence-electron chi connectivity index (χ0n) is 13.7. The largest absolute Gasteiger partial charge is 0.460 e. The highest BCUT2D eigenvalue weighted by Gasteiger charge is 2.34. The van der Waals surface area contributed by atoms with Crippen LogP contribution in [0.4, 0.5) is 13.6 Å². The fraction of sp³-hybridized carbons (Fsp3) is 0.375. The highest BCUT2D eigenvalue weighted by Crippen LogP contribution is 2.34. The number of para-hydroxylation sites is 1. The van der Waals surface area contributed by atoms with Crippen molar-refractivity contribution in [2.24, 2.45) is 0 Å². The van der Waals surface area contributed by atoms with Crippen molar-refractivity contribution in [3.8, 4) is 5.75 Å². The van der Waals surface area contributed by atoms with E-state index < -0.39 is 24.7 Å². The Morgan fingerprint density at radius 3 is 2.68 bits per heavy atom. The number of allylic oxidation sites excluding steroid dienone is 1. The van der Waals surface area contributed by atoms with Crippen LogP contribution in [0, 0.1) is 0 Å². The molecule has 0 saturated carbocycles. The highest BCUT2D eigenvalue weighted by atomic mass is 19.3. The van der Waals surface area contributed by atoms with Gasteiger partial charge in [0.25, 0.3) is 0 Å². The van der Waals surface area contributed by atoms with Gasteiger partial charge in [0, 0.05) is 18.4 Å². The minimum absolute atomic E-state index is 0.0158. The van der Waals surface area contributed by atoms with E-state index in [1.165, 1.54) is 32.2 Å². The lowest BCUT2D eigenvalue weighted by Gasteiger charge is -2.29. The fourth-order valence-corrected chi connectivity index (χ4v) is 2.42. The summed E-state index contributed by atoms with van der Waals surface area (Å²) in [4.78, 5) is 24.2. The van der Waals surface area contributed by atoms with E-state index in [1.54, 1.807) is 6.07 Å². The number of amides is 2. The Morgan fingerprint density at radius 1 is 1.28 bits per heavy atom. The van der Waals surface area contributed by atoms with E-state index in [2.05, 4.69) is 15.4 Å². The van der Waals surface area contributed by atoms with E-state index in [0.717, 1.165) is 0 Å². The zero-order valence-corrected chi connectivity index (χ0v) is 13.7. The number of urea groups is 1. The number of halogens is 2. The van der Waals surface area contributed by atoms with Crippen molar-refractivity contribution in [2.75, 3.05) is 20.3 Å². The first-order chi connectivity index (χ1) is 11.9. The third-order valence-corrected chi connectivity index (χ3v) is 3.46. The number of nitrogens with one attached hydrogen (secondary N) is 2. The van der Waals surface area contributed by atoms with Gasteiger partial charge >= 0.3 is 18.6 Å². The highest BCUT2D eigenvalue weighted by molar-refractivity contribution is 5.95. The summed E-state index contributed by atoms with van der Waals surface area (Å²) in [5.41, 5.74) is 0.583. The minimum atomic E-state index is -3.04. The maximum Gasteiger partial charge on any atom is 0.387 e. The predicted molar refractivity (Wildman–Crippen MR) is 83.0 cm³/mol. The molecule has 25 heavy (non-hydrogen) atoms. The molecule has 1 aliphatic rings. The van der Waals surface area contributed by atoms with Crippen molar-refractivity contribution in [1.82, 2.24) is 10.6 Å². The normalized spacial score (nSPS) is 17.2. The number of rotatable bonds is 7. The average molecular weight is 356 g/mol. The molecule has 0 aromatic heterocycles. The van der Waals surface area contributed by atoms with Crippen LogP contribution in [0.1, 0.15) is 18.5 Å². The van der Waals surface area contributed by atoms with Gasteiger partial charge in [0.1, 0.15) is 12.4 Å². The Balaban J connectivity index is 2.38. The van der Waals surface area contributed by atoms with Crippen LogP contribution in [0.2, 0.25) is 0 Å². The summed E-state index contributed by atoms with van der Waals surface area (Å²) < 4.78 is 39.7. The SMILES string of the molecule is COCCOC(=O)C1=C(C)NC(=O)NC1c1ccccc1OC(F)F. The van der Waals surface area contributed by atoms with Gasteiger partial charge in [-0.15, -0.1) is 0 Å². The number of ether oxygens (including phenoxy) is 3. The maximum atomic E-state index is 12.6. The van der Waals surface area contributed by atoms with Gasteiger partial charge in [-0.25, -0.2) is 9.59 Å². The fourth-order valence-electron chi connectivity index (χ4n) is 2.42. The van der Waals surface area contributed by atoms with Crippen LogP contribution in [0.5, 0.6) is 5.75 Å². The molecule has 1 aromatic rings. The molecular weight excluding hydrogens is 338 g/mol. The number of carbonyl (C=O) groups is 2. The first-order valence-corrected chi connectivity index (χ1v) is 7.42. The topological polar surface area (TPSA) is 85.9 Å². The molecule has 0 bridgehead atoms. The zero-order chi connectivity index (χ0) is 18.4. The molecule has 0 spiro atoms. The van der Waals surface area contributed by atoms with Crippen LogP contribution in [-0.4, -0.2) is 38.9 Å². The minimum Gasteiger partial charge on any atom is -0.460 e. The Labute approximate surface area is 142 Å². The maximum absolute atomic E-state index is 12.6. The van der Waals surface area contributed by atoms with Crippen LogP contribution in [0.3, 0.4) is 0 Å². The molecule has 2 rings (SSSR count). The summed E-state index contributed by atoms with van der Waals surface area (Å²) in [5, 5.41) is 5.00. The molecule has 1 atom stereocenters. The quantitative estimate of drug-likeness (QED) is 0.577. The van der Waals surface area contributed by atoms with Gasteiger partial charge < -0.3 is 24.8 Å². The van der Waals surface area contributed by atoms with Gasteiger partial charge in [-0.1, -0.05) is 18.2 Å². The van der Waals surface area contributed by atoms with E-state index in [0.29, 0.717) is 0 Å². The number of esters is 1. The molecule has 2 N–H and O–H groups in total. The molecule has 1 heterocycles. The van der Waals surface area contributed by atoms with E-state index >= 15 is 0 Å². The third-order valence-electron chi connectivity index (χ3n) is 3.46. The van der Waals surface area contributed by atoms with Crippen LogP contribution in [-0.2, 0) is 14.3 Å². The van der Waals surface area contributed by atoms with Crippen molar-refractivity contribution in [2.45, 2.75) is 19.6 Å². The second kappa shape index (κ2) is 8.43. The molecule has 1 aromatic carbocycles. The summed E-state index contributed by atoms with van der Waals surface area (Å²) in [6.45, 7) is -1.30. The number of alkyl halides is 2. The first kappa shape index (κ1) is 18.7. The van der Waals surface area contributed by atoms with Crippen molar-refractivity contribution in [1.29, 1.82) is 0 Å². The number of benzene rings is 1.